The number of nitrogens with two attached hydrogens (primary N) is 1. The Morgan fingerprint density at radius 3 is 2.46 bits per heavy atom. The van der Waals surface area contributed by atoms with Crippen LogP contribution in [0.2, 0.25) is 0 Å². The molecule has 1 fully saturated rings. The fourth-order valence-corrected chi connectivity index (χ4v) is 8.99. The summed E-state index contributed by atoms with van der Waals surface area (Å²) in [6.45, 7) is 4.56. The standard InChI is InChI=1S/C34H44N7O4P/c1-4-19-46(44,20-5-2)28-15-13-26(14-16-28)37-32-30-33(39-31(38-32)25-10-6-7-11-25)41(23-36-30)18-17-24-9-8-12-27(21-24)45-34(43)40(3)22-29(35)42/h8-9,12-16,21,23,25H,4-7,10-11,17-20,22H2,1-3H3,(H2,35,42)(H,37,38,39). The van der Waals surface area contributed by atoms with E-state index in [-0.39, 0.29) is 6.54 Å². The Balaban J connectivity index is 1.37. The maximum atomic E-state index is 13.7. The maximum Gasteiger partial charge on any atom is 0.415 e. The van der Waals surface area contributed by atoms with Crippen LogP contribution in [0.3, 0.4) is 0 Å². The molecule has 12 heteroatoms. The van der Waals surface area contributed by atoms with Gasteiger partial charge in [-0.1, -0.05) is 38.8 Å². The number of carbonyl (C=O) groups is 2. The first-order chi connectivity index (χ1) is 22.2. The Kier molecular flexibility index (Phi) is 10.7. The highest BCUT2D eigenvalue weighted by Gasteiger charge is 2.25. The van der Waals surface area contributed by atoms with E-state index in [2.05, 4.69) is 19.2 Å². The highest BCUT2D eigenvalue weighted by Crippen LogP contribution is 2.45. The molecule has 11 nitrogen and oxygen atoms in total. The fourth-order valence-electron chi connectivity index (χ4n) is 6.12. The van der Waals surface area contributed by atoms with Gasteiger partial charge in [-0.05, 0) is 74.1 Å². The van der Waals surface area contributed by atoms with E-state index in [0.717, 1.165) is 70.9 Å². The van der Waals surface area contributed by atoms with Gasteiger partial charge in [0.25, 0.3) is 0 Å². The number of amides is 2. The number of benzene rings is 2. The van der Waals surface area contributed by atoms with Gasteiger partial charge in [-0.2, -0.15) is 0 Å². The Morgan fingerprint density at radius 2 is 1.78 bits per heavy atom. The highest BCUT2D eigenvalue weighted by atomic mass is 31.2. The second-order valence-electron chi connectivity index (χ2n) is 12.1. The summed E-state index contributed by atoms with van der Waals surface area (Å²) < 4.78 is 21.1. The van der Waals surface area contributed by atoms with Crippen LogP contribution in [0.4, 0.5) is 16.3 Å². The molecule has 0 radical (unpaired) electrons. The van der Waals surface area contributed by atoms with Crippen LogP contribution >= 0.6 is 7.14 Å². The minimum atomic E-state index is -2.40. The third kappa shape index (κ3) is 7.94. The molecule has 3 N–H and O–H groups in total. The third-order valence-corrected chi connectivity index (χ3v) is 12.0. The van der Waals surface area contributed by atoms with Crippen LogP contribution in [0.25, 0.3) is 11.2 Å². The minimum absolute atomic E-state index is 0.223. The van der Waals surface area contributed by atoms with E-state index >= 15 is 0 Å². The predicted molar refractivity (Wildman–Crippen MR) is 182 cm³/mol. The van der Waals surface area contributed by atoms with Crippen molar-refractivity contribution in [2.75, 3.05) is 31.2 Å². The van der Waals surface area contributed by atoms with E-state index < -0.39 is 19.1 Å². The number of aromatic nitrogens is 4. The van der Waals surface area contributed by atoms with Crippen molar-refractivity contribution >= 4 is 47.1 Å². The van der Waals surface area contributed by atoms with Crippen LogP contribution < -0.4 is 21.1 Å². The quantitative estimate of drug-likeness (QED) is 0.154. The molecule has 2 aromatic carbocycles. The summed E-state index contributed by atoms with van der Waals surface area (Å²) in [7, 11) is -0.939. The molecule has 0 bridgehead atoms. The summed E-state index contributed by atoms with van der Waals surface area (Å²) in [4.78, 5) is 39.3. The molecule has 244 valence electrons. The Labute approximate surface area is 270 Å². The molecule has 0 spiro atoms. The number of ether oxygens (including phenoxy) is 1. The van der Waals surface area contributed by atoms with Gasteiger partial charge in [0.1, 0.15) is 25.3 Å². The first kappa shape index (κ1) is 33.1. The molecule has 2 aromatic heterocycles. The summed E-state index contributed by atoms with van der Waals surface area (Å²) in [6, 6.07) is 15.3. The van der Waals surface area contributed by atoms with Crippen molar-refractivity contribution in [2.45, 2.75) is 71.3 Å². The molecule has 0 unspecified atom stereocenters. The average Bonchev–Trinajstić information content (AvgIpc) is 3.71. The zero-order valence-electron chi connectivity index (χ0n) is 26.9. The minimum Gasteiger partial charge on any atom is -0.410 e. The van der Waals surface area contributed by atoms with Gasteiger partial charge in [0.2, 0.25) is 5.91 Å². The van der Waals surface area contributed by atoms with Crippen LogP contribution in [0.15, 0.2) is 54.9 Å². The molecule has 0 atom stereocenters. The first-order valence-electron chi connectivity index (χ1n) is 16.2. The number of imidazole rings is 1. The van der Waals surface area contributed by atoms with Gasteiger partial charge in [-0.25, -0.2) is 19.7 Å². The number of nitrogens with one attached hydrogen (secondary N) is 1. The molecule has 0 aliphatic heterocycles. The van der Waals surface area contributed by atoms with Gasteiger partial charge in [-0.15, -0.1) is 0 Å². The number of hydrogen-bond donors (Lipinski definition) is 2. The molecule has 2 heterocycles. The largest absolute Gasteiger partial charge is 0.415 e. The molecule has 2 amide bonds. The number of fused-ring (bicyclic) bond motifs is 1. The molecule has 1 saturated carbocycles. The van der Waals surface area contributed by atoms with E-state index in [1.54, 1.807) is 12.4 Å². The van der Waals surface area contributed by atoms with Crippen LogP contribution in [0.5, 0.6) is 5.75 Å². The van der Waals surface area contributed by atoms with Crippen LogP contribution in [-0.2, 0) is 22.3 Å². The maximum absolute atomic E-state index is 13.7. The molecule has 46 heavy (non-hydrogen) atoms. The average molecular weight is 646 g/mol. The van der Waals surface area contributed by atoms with Gasteiger partial charge in [0.05, 0.1) is 6.33 Å². The smallest absolute Gasteiger partial charge is 0.410 e. The molecular weight excluding hydrogens is 601 g/mol. The SMILES string of the molecule is CCCP(=O)(CCC)c1ccc(Nc2nc(C3CCCC3)nc3c2ncn3CCc2cccc(OC(=O)N(C)CC(N)=O)c2)cc1. The Bertz CT molecular complexity index is 1710. The first-order valence-corrected chi connectivity index (χ1v) is 18.3. The Morgan fingerprint density at radius 1 is 1.07 bits per heavy atom. The zero-order valence-corrected chi connectivity index (χ0v) is 27.8. The molecule has 1 aliphatic rings. The topological polar surface area (TPSA) is 145 Å². The van der Waals surface area contributed by atoms with Crippen molar-refractivity contribution < 1.29 is 18.9 Å². The molecule has 1 aliphatic carbocycles. The van der Waals surface area contributed by atoms with E-state index in [9.17, 15) is 14.2 Å². The van der Waals surface area contributed by atoms with Crippen molar-refractivity contribution in [1.29, 1.82) is 0 Å². The lowest BCUT2D eigenvalue weighted by molar-refractivity contribution is -0.118. The second-order valence-corrected chi connectivity index (χ2v) is 15.3. The van der Waals surface area contributed by atoms with Crippen molar-refractivity contribution in [3.05, 3.63) is 66.2 Å². The number of likely N-dealkylation sites (N-methyl/N-ethyl adjacent to an activating group) is 1. The van der Waals surface area contributed by atoms with Crippen molar-refractivity contribution in [3.63, 3.8) is 0 Å². The van der Waals surface area contributed by atoms with Crippen LogP contribution in [-0.4, -0.2) is 62.3 Å². The normalized spacial score (nSPS) is 13.6. The predicted octanol–water partition coefficient (Wildman–Crippen LogP) is 6.19. The lowest BCUT2D eigenvalue weighted by Crippen LogP contribution is -2.37. The third-order valence-electron chi connectivity index (χ3n) is 8.42. The summed E-state index contributed by atoms with van der Waals surface area (Å²) >= 11 is 0. The molecule has 4 aromatic rings. The number of anilines is 2. The summed E-state index contributed by atoms with van der Waals surface area (Å²) in [5.41, 5.74) is 8.47. The van der Waals surface area contributed by atoms with Crippen molar-refractivity contribution in [1.82, 2.24) is 24.4 Å². The van der Waals surface area contributed by atoms with E-state index in [1.165, 1.54) is 19.9 Å². The summed E-state index contributed by atoms with van der Waals surface area (Å²) in [5.74, 6) is 1.58. The number of primary amides is 1. The molecular formula is C34H44N7O4P. The van der Waals surface area contributed by atoms with E-state index in [4.69, 9.17) is 25.4 Å². The van der Waals surface area contributed by atoms with Crippen LogP contribution in [0.1, 0.15) is 69.7 Å². The highest BCUT2D eigenvalue weighted by molar-refractivity contribution is 7.71. The van der Waals surface area contributed by atoms with Crippen LogP contribution in [0, 0.1) is 0 Å². The van der Waals surface area contributed by atoms with E-state index in [1.807, 2.05) is 47.0 Å². The second kappa shape index (κ2) is 14.9. The Hall–Kier alpha value is -4.24. The summed E-state index contributed by atoms with van der Waals surface area (Å²) in [6.07, 6.45) is 9.52. The molecule has 5 rings (SSSR count). The number of rotatable bonds is 14. The van der Waals surface area contributed by atoms with Crippen molar-refractivity contribution in [2.24, 2.45) is 5.73 Å². The number of aryl methyl sites for hydroxylation is 2. The number of hydrogen-bond acceptors (Lipinski definition) is 8. The zero-order chi connectivity index (χ0) is 32.7. The lowest BCUT2D eigenvalue weighted by Gasteiger charge is -2.18. The van der Waals surface area contributed by atoms with Gasteiger partial charge in [0, 0.05) is 42.8 Å². The van der Waals surface area contributed by atoms with Gasteiger partial charge in [-0.3, -0.25) is 4.79 Å². The van der Waals surface area contributed by atoms with Gasteiger partial charge in [0.15, 0.2) is 17.0 Å². The number of nitrogens with zero attached hydrogens (tertiary/aromatic N) is 5. The lowest BCUT2D eigenvalue weighted by atomic mass is 10.1. The fraction of sp³-hybridized carbons (Fsp3) is 0.441. The summed E-state index contributed by atoms with van der Waals surface area (Å²) in [5, 5.41) is 4.42. The van der Waals surface area contributed by atoms with Gasteiger partial charge >= 0.3 is 6.09 Å². The number of carbonyl (C=O) groups excluding carboxylic acids is 2. The van der Waals surface area contributed by atoms with Gasteiger partial charge < -0.3 is 29.8 Å². The van der Waals surface area contributed by atoms with E-state index in [0.29, 0.717) is 36.0 Å². The monoisotopic (exact) mass is 645 g/mol. The van der Waals surface area contributed by atoms with Crippen molar-refractivity contribution in [3.8, 4) is 5.75 Å². The molecule has 0 saturated heterocycles.